The summed E-state index contributed by atoms with van der Waals surface area (Å²) in [4.78, 5) is 0. The van der Waals surface area contributed by atoms with Crippen LogP contribution in [0.15, 0.2) is 18.2 Å². The average Bonchev–Trinajstić information content (AvgIpc) is 2.34. The molecule has 0 saturated carbocycles. The molecule has 0 amide bonds. The normalized spacial score (nSPS) is 9.94. The molecule has 1 N–H and O–H groups in total. The Morgan fingerprint density at radius 2 is 2.29 bits per heavy atom. The monoisotopic (exact) mass is 238 g/mol. The van der Waals surface area contributed by atoms with E-state index in [1.54, 1.807) is 19.2 Å². The number of para-hydroxylation sites is 1. The predicted octanol–water partition coefficient (Wildman–Crippen LogP) is 1.46. The van der Waals surface area contributed by atoms with Gasteiger partial charge in [0.2, 0.25) is 0 Å². The highest BCUT2D eigenvalue weighted by Crippen LogP contribution is 2.22. The van der Waals surface area contributed by atoms with Crippen molar-refractivity contribution in [3.05, 3.63) is 29.6 Å². The van der Waals surface area contributed by atoms with Gasteiger partial charge in [0.15, 0.2) is 18.2 Å². The minimum Gasteiger partial charge on any atom is -0.475 e. The third-order valence-electron chi connectivity index (χ3n) is 2.13. The van der Waals surface area contributed by atoms with Crippen molar-refractivity contribution >= 4 is 0 Å². The van der Waals surface area contributed by atoms with Gasteiger partial charge in [-0.3, -0.25) is 0 Å². The minimum atomic E-state index is -0.453. The van der Waals surface area contributed by atoms with Gasteiger partial charge in [0.1, 0.15) is 6.07 Å². The molecule has 0 heterocycles. The maximum atomic E-state index is 13.5. The highest BCUT2D eigenvalue weighted by Gasteiger charge is 2.09. The number of nitriles is 1. The van der Waals surface area contributed by atoms with Crippen LogP contribution in [0.25, 0.3) is 0 Å². The molecule has 0 aliphatic rings. The van der Waals surface area contributed by atoms with Crippen molar-refractivity contribution in [3.8, 4) is 11.8 Å². The van der Waals surface area contributed by atoms with Gasteiger partial charge in [-0.15, -0.1) is 0 Å². The van der Waals surface area contributed by atoms with E-state index in [9.17, 15) is 4.39 Å². The second kappa shape index (κ2) is 7.60. The van der Waals surface area contributed by atoms with Crippen LogP contribution in [0, 0.1) is 17.1 Å². The van der Waals surface area contributed by atoms with E-state index in [2.05, 4.69) is 5.32 Å². The fourth-order valence-electron chi connectivity index (χ4n) is 1.36. The van der Waals surface area contributed by atoms with Gasteiger partial charge in [-0.2, -0.15) is 5.26 Å². The molecule has 4 nitrogen and oxygen atoms in total. The molecule has 0 radical (unpaired) electrons. The molecule has 0 atom stereocenters. The topological polar surface area (TPSA) is 54.3 Å². The molecule has 1 aromatic carbocycles. The highest BCUT2D eigenvalue weighted by molar-refractivity contribution is 5.35. The summed E-state index contributed by atoms with van der Waals surface area (Å²) in [7, 11) is 1.62. The number of hydrogen-bond acceptors (Lipinski definition) is 4. The number of ether oxygens (including phenoxy) is 2. The van der Waals surface area contributed by atoms with E-state index in [0.29, 0.717) is 25.3 Å². The van der Waals surface area contributed by atoms with Crippen LogP contribution in [0.4, 0.5) is 4.39 Å². The van der Waals surface area contributed by atoms with E-state index in [1.165, 1.54) is 6.07 Å². The van der Waals surface area contributed by atoms with Crippen molar-refractivity contribution < 1.29 is 13.9 Å². The number of hydrogen-bond donors (Lipinski definition) is 1. The largest absolute Gasteiger partial charge is 0.475 e. The molecule has 92 valence electrons. The summed E-state index contributed by atoms with van der Waals surface area (Å²) in [6.45, 7) is 1.57. The zero-order valence-electron chi connectivity index (χ0n) is 9.70. The second-order valence-electron chi connectivity index (χ2n) is 3.34. The highest BCUT2D eigenvalue weighted by atomic mass is 19.1. The smallest absolute Gasteiger partial charge is 0.174 e. The van der Waals surface area contributed by atoms with Gasteiger partial charge in [-0.25, -0.2) is 4.39 Å². The first-order valence-electron chi connectivity index (χ1n) is 5.26. The van der Waals surface area contributed by atoms with Crippen LogP contribution in [0.2, 0.25) is 0 Å². The summed E-state index contributed by atoms with van der Waals surface area (Å²) in [5.41, 5.74) is 0.691. The van der Waals surface area contributed by atoms with E-state index in [4.69, 9.17) is 14.7 Å². The second-order valence-corrected chi connectivity index (χ2v) is 3.34. The molecular formula is C12H15FN2O2. The van der Waals surface area contributed by atoms with E-state index >= 15 is 0 Å². The number of halogens is 1. The standard InChI is InChI=1S/C12H15FN2O2/c1-16-8-6-15-9-10-3-2-4-11(13)12(10)17-7-5-14/h2-4,15H,6-9H2,1H3. The van der Waals surface area contributed by atoms with E-state index in [0.717, 1.165) is 0 Å². The van der Waals surface area contributed by atoms with Gasteiger partial charge in [-0.05, 0) is 6.07 Å². The first-order valence-corrected chi connectivity index (χ1v) is 5.26. The molecule has 0 saturated heterocycles. The summed E-state index contributed by atoms with van der Waals surface area (Å²) >= 11 is 0. The third kappa shape index (κ3) is 4.39. The van der Waals surface area contributed by atoms with Gasteiger partial charge in [0.25, 0.3) is 0 Å². The van der Waals surface area contributed by atoms with Crippen LogP contribution < -0.4 is 10.1 Å². The predicted molar refractivity (Wildman–Crippen MR) is 61.1 cm³/mol. The lowest BCUT2D eigenvalue weighted by atomic mass is 10.2. The van der Waals surface area contributed by atoms with Gasteiger partial charge >= 0.3 is 0 Å². The number of rotatable bonds is 7. The Balaban J connectivity index is 2.63. The SMILES string of the molecule is COCCNCc1cccc(F)c1OCC#N. The Morgan fingerprint density at radius 3 is 3.00 bits per heavy atom. The van der Waals surface area contributed by atoms with E-state index < -0.39 is 5.82 Å². The fraction of sp³-hybridized carbons (Fsp3) is 0.417. The maximum Gasteiger partial charge on any atom is 0.174 e. The number of nitrogens with zero attached hydrogens (tertiary/aromatic N) is 1. The lowest BCUT2D eigenvalue weighted by molar-refractivity contribution is 0.199. The van der Waals surface area contributed by atoms with E-state index in [-0.39, 0.29) is 12.4 Å². The summed E-state index contributed by atoms with van der Waals surface area (Å²) in [5, 5.41) is 11.5. The van der Waals surface area contributed by atoms with Crippen LogP contribution in [-0.4, -0.2) is 26.9 Å². The molecule has 17 heavy (non-hydrogen) atoms. The van der Waals surface area contributed by atoms with Crippen LogP contribution >= 0.6 is 0 Å². The van der Waals surface area contributed by atoms with Crippen molar-refractivity contribution in [2.75, 3.05) is 26.9 Å². The van der Waals surface area contributed by atoms with Gasteiger partial charge in [-0.1, -0.05) is 12.1 Å². The van der Waals surface area contributed by atoms with Crippen molar-refractivity contribution in [2.45, 2.75) is 6.54 Å². The Labute approximate surface area is 100.0 Å². The van der Waals surface area contributed by atoms with E-state index in [1.807, 2.05) is 6.07 Å². The van der Waals surface area contributed by atoms with Gasteiger partial charge in [0.05, 0.1) is 6.61 Å². The van der Waals surface area contributed by atoms with Crippen molar-refractivity contribution in [3.63, 3.8) is 0 Å². The Hall–Kier alpha value is -1.64. The minimum absolute atomic E-state index is 0.138. The maximum absolute atomic E-state index is 13.5. The molecular weight excluding hydrogens is 223 g/mol. The Kier molecular flexibility index (Phi) is 6.00. The summed E-state index contributed by atoms with van der Waals surface area (Å²) < 4.78 is 23.4. The Bertz CT molecular complexity index is 391. The van der Waals surface area contributed by atoms with Crippen LogP contribution in [0.1, 0.15) is 5.56 Å². The summed E-state index contributed by atoms with van der Waals surface area (Å²) in [6, 6.07) is 6.50. The summed E-state index contributed by atoms with van der Waals surface area (Å²) in [6.07, 6.45) is 0. The van der Waals surface area contributed by atoms with Crippen molar-refractivity contribution in [2.24, 2.45) is 0 Å². The molecule has 0 bridgehead atoms. The molecule has 0 aliphatic heterocycles. The lowest BCUT2D eigenvalue weighted by Gasteiger charge is -2.10. The Morgan fingerprint density at radius 1 is 1.47 bits per heavy atom. The molecule has 1 rings (SSSR count). The molecule has 0 unspecified atom stereocenters. The number of nitrogens with one attached hydrogen (secondary N) is 1. The molecule has 5 heteroatoms. The third-order valence-corrected chi connectivity index (χ3v) is 2.13. The van der Waals surface area contributed by atoms with Crippen LogP contribution in [0.5, 0.6) is 5.75 Å². The quantitative estimate of drug-likeness (QED) is 0.731. The number of methoxy groups -OCH3 is 1. The number of benzene rings is 1. The summed E-state index contributed by atoms with van der Waals surface area (Å²) in [5.74, 6) is -0.315. The van der Waals surface area contributed by atoms with Crippen molar-refractivity contribution in [1.82, 2.24) is 5.32 Å². The fourth-order valence-corrected chi connectivity index (χ4v) is 1.36. The van der Waals surface area contributed by atoms with Gasteiger partial charge < -0.3 is 14.8 Å². The first kappa shape index (κ1) is 13.4. The zero-order chi connectivity index (χ0) is 12.5. The first-order chi connectivity index (χ1) is 8.29. The van der Waals surface area contributed by atoms with Crippen LogP contribution in [0.3, 0.4) is 0 Å². The molecule has 0 fully saturated rings. The molecule has 0 aromatic heterocycles. The average molecular weight is 238 g/mol. The zero-order valence-corrected chi connectivity index (χ0v) is 9.70. The lowest BCUT2D eigenvalue weighted by Crippen LogP contribution is -2.19. The molecule has 0 aliphatic carbocycles. The molecule has 0 spiro atoms. The van der Waals surface area contributed by atoms with Crippen LogP contribution in [-0.2, 0) is 11.3 Å². The van der Waals surface area contributed by atoms with Gasteiger partial charge in [0, 0.05) is 25.8 Å². The molecule has 1 aromatic rings. The van der Waals surface area contributed by atoms with Crippen molar-refractivity contribution in [1.29, 1.82) is 5.26 Å².